The first-order valence-corrected chi connectivity index (χ1v) is 11.9. The Balaban J connectivity index is 1.19. The van der Waals surface area contributed by atoms with Gasteiger partial charge in [0.25, 0.3) is 0 Å². The minimum Gasteiger partial charge on any atom is -0.495 e. The fourth-order valence-electron chi connectivity index (χ4n) is 5.48. The Kier molecular flexibility index (Phi) is 7.37. The van der Waals surface area contributed by atoms with Crippen molar-refractivity contribution >= 4 is 11.7 Å². The molecule has 3 aliphatic rings. The van der Waals surface area contributed by atoms with Crippen molar-refractivity contribution in [1.82, 2.24) is 15.5 Å². The van der Waals surface area contributed by atoms with E-state index in [1.165, 1.54) is 45.1 Å². The number of hydrogen-bond donors (Lipinski definition) is 2. The number of carbonyl (C=O) groups is 1. The highest BCUT2D eigenvalue weighted by atomic mass is 16.5. The lowest BCUT2D eigenvalue weighted by atomic mass is 9.92. The van der Waals surface area contributed by atoms with Gasteiger partial charge in [0.15, 0.2) is 0 Å². The number of piperidine rings is 1. The minimum absolute atomic E-state index is 0.00114. The van der Waals surface area contributed by atoms with Crippen LogP contribution in [0.5, 0.6) is 5.75 Å². The molecule has 30 heavy (non-hydrogen) atoms. The summed E-state index contributed by atoms with van der Waals surface area (Å²) in [5, 5.41) is 6.39. The van der Waals surface area contributed by atoms with E-state index in [1.54, 1.807) is 7.11 Å². The zero-order valence-electron chi connectivity index (χ0n) is 18.4. The van der Waals surface area contributed by atoms with Crippen LogP contribution in [-0.4, -0.2) is 62.8 Å². The monoisotopic (exact) mass is 414 g/mol. The van der Waals surface area contributed by atoms with Crippen molar-refractivity contribution in [3.8, 4) is 5.75 Å². The SMILES string of the molecule is COc1ccccc1N1CCC(CNC(=O)NC2CCCN(C3CCCCC3)C2)C1. The van der Waals surface area contributed by atoms with E-state index in [0.717, 1.165) is 56.5 Å². The van der Waals surface area contributed by atoms with Crippen molar-refractivity contribution in [3.63, 3.8) is 0 Å². The quantitative estimate of drug-likeness (QED) is 0.747. The summed E-state index contributed by atoms with van der Waals surface area (Å²) in [5.41, 5.74) is 1.15. The molecule has 1 saturated carbocycles. The van der Waals surface area contributed by atoms with Gasteiger partial charge in [0.05, 0.1) is 12.8 Å². The van der Waals surface area contributed by atoms with Gasteiger partial charge in [0.2, 0.25) is 0 Å². The number of methoxy groups -OCH3 is 1. The number of benzene rings is 1. The standard InChI is InChI=1S/C24H38N4O2/c1-30-23-12-6-5-11-22(23)28-15-13-19(17-28)16-25-24(29)26-20-8-7-14-27(18-20)21-9-3-2-4-10-21/h5-6,11-12,19-21H,2-4,7-10,13-18H2,1H3,(H2,25,26,29). The van der Waals surface area contributed by atoms with Crippen LogP contribution < -0.4 is 20.3 Å². The van der Waals surface area contributed by atoms with E-state index in [1.807, 2.05) is 12.1 Å². The molecule has 0 aromatic heterocycles. The molecule has 2 amide bonds. The van der Waals surface area contributed by atoms with E-state index in [-0.39, 0.29) is 12.1 Å². The maximum Gasteiger partial charge on any atom is 0.315 e. The predicted molar refractivity (Wildman–Crippen MR) is 121 cm³/mol. The van der Waals surface area contributed by atoms with Crippen LogP contribution in [0.1, 0.15) is 51.4 Å². The van der Waals surface area contributed by atoms with Crippen LogP contribution in [0.25, 0.3) is 0 Å². The number of nitrogens with one attached hydrogen (secondary N) is 2. The summed E-state index contributed by atoms with van der Waals surface area (Å²) in [6.07, 6.45) is 10.2. The number of para-hydroxylation sites is 2. The molecule has 0 spiro atoms. The molecule has 3 fully saturated rings. The van der Waals surface area contributed by atoms with Gasteiger partial charge >= 0.3 is 6.03 Å². The maximum atomic E-state index is 12.5. The molecule has 1 aromatic carbocycles. The average Bonchev–Trinajstić information content (AvgIpc) is 3.27. The molecular formula is C24H38N4O2. The van der Waals surface area contributed by atoms with Crippen LogP contribution in [0.4, 0.5) is 10.5 Å². The first kappa shape index (κ1) is 21.3. The Bertz CT molecular complexity index is 692. The molecule has 0 radical (unpaired) electrons. The van der Waals surface area contributed by atoms with Crippen molar-refractivity contribution in [3.05, 3.63) is 24.3 Å². The second kappa shape index (κ2) is 10.4. The van der Waals surface area contributed by atoms with E-state index in [4.69, 9.17) is 4.74 Å². The van der Waals surface area contributed by atoms with Crippen molar-refractivity contribution in [2.75, 3.05) is 44.7 Å². The fourth-order valence-corrected chi connectivity index (χ4v) is 5.48. The van der Waals surface area contributed by atoms with Crippen LogP contribution in [0.3, 0.4) is 0 Å². The molecule has 0 bridgehead atoms. The number of carbonyl (C=O) groups excluding carboxylic acids is 1. The molecule has 2 unspecified atom stereocenters. The molecule has 1 aromatic rings. The van der Waals surface area contributed by atoms with Gasteiger partial charge in [-0.05, 0) is 56.7 Å². The van der Waals surface area contributed by atoms with E-state index in [9.17, 15) is 4.79 Å². The lowest BCUT2D eigenvalue weighted by Gasteiger charge is -2.40. The summed E-state index contributed by atoms with van der Waals surface area (Å²) in [7, 11) is 1.72. The summed E-state index contributed by atoms with van der Waals surface area (Å²) in [6, 6.07) is 9.21. The molecular weight excluding hydrogens is 376 g/mol. The Labute approximate surface area is 181 Å². The highest BCUT2D eigenvalue weighted by molar-refractivity contribution is 5.74. The lowest BCUT2D eigenvalue weighted by molar-refractivity contribution is 0.112. The van der Waals surface area contributed by atoms with E-state index >= 15 is 0 Å². The van der Waals surface area contributed by atoms with Crippen molar-refractivity contribution < 1.29 is 9.53 Å². The third kappa shape index (κ3) is 5.39. The van der Waals surface area contributed by atoms with Gasteiger partial charge < -0.3 is 20.3 Å². The molecule has 2 aliphatic heterocycles. The second-order valence-electron chi connectivity index (χ2n) is 9.25. The van der Waals surface area contributed by atoms with Gasteiger partial charge in [-0.2, -0.15) is 0 Å². The van der Waals surface area contributed by atoms with Crippen molar-refractivity contribution in [1.29, 1.82) is 0 Å². The molecule has 2 atom stereocenters. The van der Waals surface area contributed by atoms with Crippen LogP contribution in [0.2, 0.25) is 0 Å². The zero-order chi connectivity index (χ0) is 20.8. The highest BCUT2D eigenvalue weighted by Gasteiger charge is 2.28. The summed E-state index contributed by atoms with van der Waals surface area (Å²) in [6.45, 7) is 4.91. The summed E-state index contributed by atoms with van der Waals surface area (Å²) >= 11 is 0. The third-order valence-corrected chi connectivity index (χ3v) is 7.14. The Morgan fingerprint density at radius 3 is 2.70 bits per heavy atom. The number of hydrogen-bond acceptors (Lipinski definition) is 4. The summed E-state index contributed by atoms with van der Waals surface area (Å²) < 4.78 is 5.50. The molecule has 2 saturated heterocycles. The summed E-state index contributed by atoms with van der Waals surface area (Å²) in [4.78, 5) is 17.5. The largest absolute Gasteiger partial charge is 0.495 e. The van der Waals surface area contributed by atoms with E-state index in [2.05, 4.69) is 32.6 Å². The molecule has 6 nitrogen and oxygen atoms in total. The van der Waals surface area contributed by atoms with Gasteiger partial charge in [-0.1, -0.05) is 31.4 Å². The fraction of sp³-hybridized carbons (Fsp3) is 0.708. The number of amides is 2. The summed E-state index contributed by atoms with van der Waals surface area (Å²) in [5.74, 6) is 1.40. The number of nitrogens with zero attached hydrogens (tertiary/aromatic N) is 2. The number of rotatable bonds is 6. The highest BCUT2D eigenvalue weighted by Crippen LogP contribution is 2.31. The zero-order valence-corrected chi connectivity index (χ0v) is 18.4. The minimum atomic E-state index is 0.00114. The van der Waals surface area contributed by atoms with Crippen LogP contribution in [0, 0.1) is 5.92 Å². The third-order valence-electron chi connectivity index (χ3n) is 7.14. The van der Waals surface area contributed by atoms with Gasteiger partial charge in [-0.25, -0.2) is 4.79 Å². The number of ether oxygens (including phenoxy) is 1. The smallest absolute Gasteiger partial charge is 0.315 e. The Morgan fingerprint density at radius 2 is 1.87 bits per heavy atom. The normalized spacial score (nSPS) is 25.8. The van der Waals surface area contributed by atoms with Gasteiger partial charge in [-0.3, -0.25) is 4.90 Å². The van der Waals surface area contributed by atoms with Crippen molar-refractivity contribution in [2.45, 2.75) is 63.5 Å². The second-order valence-corrected chi connectivity index (χ2v) is 9.25. The number of likely N-dealkylation sites (tertiary alicyclic amines) is 1. The van der Waals surface area contributed by atoms with Gasteiger partial charge in [0, 0.05) is 38.3 Å². The molecule has 166 valence electrons. The molecule has 2 heterocycles. The van der Waals surface area contributed by atoms with Crippen molar-refractivity contribution in [2.24, 2.45) is 5.92 Å². The topological polar surface area (TPSA) is 56.8 Å². The van der Waals surface area contributed by atoms with Crippen LogP contribution in [0.15, 0.2) is 24.3 Å². The van der Waals surface area contributed by atoms with E-state index < -0.39 is 0 Å². The maximum absolute atomic E-state index is 12.5. The first-order chi connectivity index (χ1) is 14.7. The average molecular weight is 415 g/mol. The van der Waals surface area contributed by atoms with Gasteiger partial charge in [-0.15, -0.1) is 0 Å². The first-order valence-electron chi connectivity index (χ1n) is 11.9. The number of urea groups is 1. The molecule has 1 aliphatic carbocycles. The van der Waals surface area contributed by atoms with Gasteiger partial charge in [0.1, 0.15) is 5.75 Å². The molecule has 2 N–H and O–H groups in total. The molecule has 4 rings (SSSR count). The predicted octanol–water partition coefficient (Wildman–Crippen LogP) is 3.62. The van der Waals surface area contributed by atoms with Crippen LogP contribution in [-0.2, 0) is 0 Å². The lowest BCUT2D eigenvalue weighted by Crippen LogP contribution is -2.53. The number of anilines is 1. The molecule has 6 heteroatoms. The Morgan fingerprint density at radius 1 is 1.03 bits per heavy atom. The van der Waals surface area contributed by atoms with E-state index in [0.29, 0.717) is 5.92 Å². The Hall–Kier alpha value is -1.95. The van der Waals surface area contributed by atoms with Crippen LogP contribution >= 0.6 is 0 Å².